The molecule has 1 heterocycles. The summed E-state index contributed by atoms with van der Waals surface area (Å²) in [6, 6.07) is 4.78. The molecule has 2 N–H and O–H groups in total. The quantitative estimate of drug-likeness (QED) is 0.918. The first kappa shape index (κ1) is 16.0. The Morgan fingerprint density at radius 3 is 2.45 bits per heavy atom. The summed E-state index contributed by atoms with van der Waals surface area (Å²) in [7, 11) is -3.61. The van der Waals surface area contributed by atoms with Gasteiger partial charge < -0.3 is 5.73 Å². The third-order valence-corrected chi connectivity index (χ3v) is 3.90. The van der Waals surface area contributed by atoms with E-state index in [1.54, 1.807) is 0 Å². The van der Waals surface area contributed by atoms with Crippen LogP contribution in [0.25, 0.3) is 5.69 Å². The van der Waals surface area contributed by atoms with Crippen molar-refractivity contribution in [3.8, 4) is 5.69 Å². The average Bonchev–Trinajstić information content (AvgIpc) is 2.82. The number of primary amides is 1. The predicted octanol–water partition coefficient (Wildman–Crippen LogP) is 1.39. The van der Waals surface area contributed by atoms with Gasteiger partial charge >= 0.3 is 6.18 Å². The number of aromatic nitrogens is 2. The van der Waals surface area contributed by atoms with Crippen molar-refractivity contribution in [1.82, 2.24) is 9.78 Å². The number of halogens is 3. The van der Waals surface area contributed by atoms with Gasteiger partial charge in [0.15, 0.2) is 15.5 Å². The van der Waals surface area contributed by atoms with Crippen molar-refractivity contribution < 1.29 is 26.4 Å². The zero-order valence-corrected chi connectivity index (χ0v) is 11.9. The van der Waals surface area contributed by atoms with Crippen LogP contribution in [0.3, 0.4) is 0 Å². The Bertz CT molecular complexity index is 841. The maximum atomic E-state index is 13.1. The highest BCUT2D eigenvalue weighted by molar-refractivity contribution is 7.90. The Morgan fingerprint density at radius 2 is 1.95 bits per heavy atom. The van der Waals surface area contributed by atoms with E-state index in [4.69, 9.17) is 5.73 Å². The van der Waals surface area contributed by atoms with Gasteiger partial charge in [0.2, 0.25) is 0 Å². The Labute approximate surface area is 123 Å². The van der Waals surface area contributed by atoms with Crippen molar-refractivity contribution in [3.05, 3.63) is 41.7 Å². The first-order valence-electron chi connectivity index (χ1n) is 5.77. The number of carbonyl (C=O) groups is 1. The van der Waals surface area contributed by atoms with Crippen molar-refractivity contribution in [2.75, 3.05) is 6.26 Å². The predicted molar refractivity (Wildman–Crippen MR) is 70.2 cm³/mol. The van der Waals surface area contributed by atoms with Crippen LogP contribution in [0, 0.1) is 0 Å². The van der Waals surface area contributed by atoms with Crippen LogP contribution < -0.4 is 5.73 Å². The number of nitrogens with zero attached hydrogens (tertiary/aromatic N) is 2. The molecule has 1 amide bonds. The highest BCUT2D eigenvalue weighted by Crippen LogP contribution is 2.33. The molecule has 2 rings (SSSR count). The lowest BCUT2D eigenvalue weighted by Crippen LogP contribution is -2.20. The summed E-state index contributed by atoms with van der Waals surface area (Å²) in [5.41, 5.74) is 2.61. The standard InChI is InChI=1S/C12H10F3N3O3S/c1-22(20,21)8-4-2-3-7(5-8)18-10(12(13,14)15)9(6-17-18)11(16)19/h2-6H,1H3,(H2,16,19). The molecule has 0 saturated heterocycles. The van der Waals surface area contributed by atoms with Gasteiger partial charge in [-0.1, -0.05) is 6.07 Å². The first-order valence-corrected chi connectivity index (χ1v) is 7.66. The minimum Gasteiger partial charge on any atom is -0.365 e. The van der Waals surface area contributed by atoms with E-state index in [9.17, 15) is 26.4 Å². The van der Waals surface area contributed by atoms with Gasteiger partial charge in [-0.05, 0) is 18.2 Å². The lowest BCUT2D eigenvalue weighted by atomic mass is 10.2. The lowest BCUT2D eigenvalue weighted by molar-refractivity contribution is -0.143. The highest BCUT2D eigenvalue weighted by atomic mass is 32.2. The van der Waals surface area contributed by atoms with Crippen LogP contribution >= 0.6 is 0 Å². The zero-order chi connectivity index (χ0) is 16.7. The van der Waals surface area contributed by atoms with Gasteiger partial charge in [0.1, 0.15) is 0 Å². The van der Waals surface area contributed by atoms with Crippen LogP contribution in [0.4, 0.5) is 13.2 Å². The molecule has 0 saturated carbocycles. The van der Waals surface area contributed by atoms with E-state index in [1.807, 2.05) is 0 Å². The molecule has 118 valence electrons. The number of benzene rings is 1. The first-order chi connectivity index (χ1) is 10.0. The number of sulfone groups is 1. The molecule has 0 unspecified atom stereocenters. The molecule has 10 heteroatoms. The fraction of sp³-hybridized carbons (Fsp3) is 0.167. The molecule has 6 nitrogen and oxygen atoms in total. The maximum absolute atomic E-state index is 13.1. The van der Waals surface area contributed by atoms with E-state index >= 15 is 0 Å². The molecule has 0 aliphatic carbocycles. The largest absolute Gasteiger partial charge is 0.434 e. The minimum absolute atomic E-state index is 0.150. The van der Waals surface area contributed by atoms with E-state index in [0.717, 1.165) is 12.3 Å². The Morgan fingerprint density at radius 1 is 1.32 bits per heavy atom. The van der Waals surface area contributed by atoms with Crippen molar-refractivity contribution in [2.24, 2.45) is 5.73 Å². The third-order valence-electron chi connectivity index (χ3n) is 2.79. The summed E-state index contributed by atoms with van der Waals surface area (Å²) in [5.74, 6) is -1.28. The molecule has 0 aliphatic rings. The van der Waals surface area contributed by atoms with E-state index < -0.39 is 33.2 Å². The second-order valence-electron chi connectivity index (χ2n) is 4.45. The number of carbonyl (C=O) groups excluding carboxylic acids is 1. The summed E-state index contributed by atoms with van der Waals surface area (Å²) in [5, 5.41) is 3.50. The third kappa shape index (κ3) is 2.96. The van der Waals surface area contributed by atoms with Gasteiger partial charge in [0, 0.05) is 6.26 Å². The number of alkyl halides is 3. The number of rotatable bonds is 3. The van der Waals surface area contributed by atoms with Crippen LogP contribution in [-0.2, 0) is 16.0 Å². The van der Waals surface area contributed by atoms with Crippen molar-refractivity contribution in [1.29, 1.82) is 0 Å². The molecular weight excluding hydrogens is 323 g/mol. The van der Waals surface area contributed by atoms with Crippen LogP contribution in [0.2, 0.25) is 0 Å². The Kier molecular flexibility index (Phi) is 3.73. The van der Waals surface area contributed by atoms with E-state index in [-0.39, 0.29) is 10.6 Å². The normalized spacial score (nSPS) is 12.4. The Hall–Kier alpha value is -2.36. The van der Waals surface area contributed by atoms with E-state index in [1.165, 1.54) is 18.2 Å². The molecular formula is C12H10F3N3O3S. The fourth-order valence-corrected chi connectivity index (χ4v) is 2.50. The lowest BCUT2D eigenvalue weighted by Gasteiger charge is -2.12. The van der Waals surface area contributed by atoms with Crippen LogP contribution in [0.1, 0.15) is 16.1 Å². The zero-order valence-electron chi connectivity index (χ0n) is 11.1. The molecule has 0 atom stereocenters. The average molecular weight is 333 g/mol. The molecule has 0 spiro atoms. The molecule has 0 aliphatic heterocycles. The summed E-state index contributed by atoms with van der Waals surface area (Å²) < 4.78 is 62.8. The number of hydrogen-bond acceptors (Lipinski definition) is 4. The molecule has 2 aromatic rings. The molecule has 1 aromatic carbocycles. The van der Waals surface area contributed by atoms with Gasteiger partial charge in [-0.2, -0.15) is 18.3 Å². The van der Waals surface area contributed by atoms with Gasteiger partial charge in [-0.3, -0.25) is 4.79 Å². The number of amides is 1. The number of nitrogens with two attached hydrogens (primary N) is 1. The van der Waals surface area contributed by atoms with E-state index in [0.29, 0.717) is 10.9 Å². The van der Waals surface area contributed by atoms with Gasteiger partial charge in [-0.25, -0.2) is 13.1 Å². The SMILES string of the molecule is CS(=O)(=O)c1cccc(-n2ncc(C(N)=O)c2C(F)(F)F)c1. The Balaban J connectivity index is 2.72. The molecule has 1 aromatic heterocycles. The summed E-state index contributed by atoms with van der Waals surface area (Å²) >= 11 is 0. The summed E-state index contributed by atoms with van der Waals surface area (Å²) in [6.07, 6.45) is -3.27. The smallest absolute Gasteiger partial charge is 0.365 e. The van der Waals surface area contributed by atoms with Crippen LogP contribution in [0.15, 0.2) is 35.4 Å². The number of hydrogen-bond donors (Lipinski definition) is 1. The molecule has 0 radical (unpaired) electrons. The summed E-state index contributed by atoms with van der Waals surface area (Å²) in [4.78, 5) is 10.9. The second kappa shape index (κ2) is 5.13. The van der Waals surface area contributed by atoms with Gasteiger partial charge in [0.05, 0.1) is 22.3 Å². The molecule has 0 bridgehead atoms. The van der Waals surface area contributed by atoms with E-state index in [2.05, 4.69) is 5.10 Å². The second-order valence-corrected chi connectivity index (χ2v) is 6.47. The van der Waals surface area contributed by atoms with Gasteiger partial charge in [-0.15, -0.1) is 0 Å². The van der Waals surface area contributed by atoms with Gasteiger partial charge in [0.25, 0.3) is 5.91 Å². The molecule has 22 heavy (non-hydrogen) atoms. The minimum atomic E-state index is -4.89. The van der Waals surface area contributed by atoms with Crippen LogP contribution in [0.5, 0.6) is 0 Å². The van der Waals surface area contributed by atoms with Crippen LogP contribution in [-0.4, -0.2) is 30.4 Å². The molecule has 0 fully saturated rings. The topological polar surface area (TPSA) is 95.1 Å². The monoisotopic (exact) mass is 333 g/mol. The van der Waals surface area contributed by atoms with Crippen molar-refractivity contribution >= 4 is 15.7 Å². The maximum Gasteiger partial charge on any atom is 0.434 e. The summed E-state index contributed by atoms with van der Waals surface area (Å²) in [6.45, 7) is 0. The fourth-order valence-electron chi connectivity index (χ4n) is 1.84. The van der Waals surface area contributed by atoms with Crippen molar-refractivity contribution in [3.63, 3.8) is 0 Å². The highest BCUT2D eigenvalue weighted by Gasteiger charge is 2.40. The van der Waals surface area contributed by atoms with Crippen molar-refractivity contribution in [2.45, 2.75) is 11.1 Å².